The molecule has 1 nitrogen and oxygen atoms in total. The van der Waals surface area contributed by atoms with E-state index in [1.165, 1.54) is 32.4 Å². The van der Waals surface area contributed by atoms with Crippen molar-refractivity contribution >= 4 is 0 Å². The Kier molecular flexibility index (Phi) is 3.78. The summed E-state index contributed by atoms with van der Waals surface area (Å²) in [6, 6.07) is 0. The van der Waals surface area contributed by atoms with Gasteiger partial charge in [-0.05, 0) is 43.2 Å². The average molecular weight is 183 g/mol. The molecule has 0 amide bonds. The minimum atomic E-state index is 0.585. The molecule has 0 aromatic heterocycles. The fraction of sp³-hybridized carbons (Fsp3) is 1.00. The normalized spacial score (nSPS) is 35.3. The molecule has 0 radical (unpaired) electrons. The molecule has 1 heteroatoms. The van der Waals surface area contributed by atoms with Gasteiger partial charge >= 0.3 is 0 Å². The van der Waals surface area contributed by atoms with Crippen LogP contribution in [0.3, 0.4) is 0 Å². The van der Waals surface area contributed by atoms with E-state index in [1.807, 2.05) is 0 Å². The van der Waals surface area contributed by atoms with Gasteiger partial charge in [0, 0.05) is 0 Å². The molecule has 2 unspecified atom stereocenters. The summed E-state index contributed by atoms with van der Waals surface area (Å²) in [7, 11) is 0. The van der Waals surface area contributed by atoms with Crippen LogP contribution < -0.4 is 5.32 Å². The maximum absolute atomic E-state index is 3.53. The van der Waals surface area contributed by atoms with Crippen LogP contribution in [0.25, 0.3) is 0 Å². The van der Waals surface area contributed by atoms with E-state index in [4.69, 9.17) is 0 Å². The number of hydrogen-bond acceptors (Lipinski definition) is 1. The van der Waals surface area contributed by atoms with Crippen molar-refractivity contribution in [2.75, 3.05) is 13.1 Å². The van der Waals surface area contributed by atoms with Crippen molar-refractivity contribution in [2.24, 2.45) is 17.3 Å². The lowest BCUT2D eigenvalue weighted by molar-refractivity contribution is 0.0659. The third kappa shape index (κ3) is 2.25. The first-order chi connectivity index (χ1) is 6.11. The molecule has 1 N–H and O–H groups in total. The third-order valence-corrected chi connectivity index (χ3v) is 4.12. The van der Waals surface area contributed by atoms with Crippen LogP contribution in [0.1, 0.15) is 47.0 Å². The van der Waals surface area contributed by atoms with Gasteiger partial charge in [0.25, 0.3) is 0 Å². The highest BCUT2D eigenvalue weighted by Crippen LogP contribution is 2.42. The van der Waals surface area contributed by atoms with E-state index in [9.17, 15) is 0 Å². The average Bonchev–Trinajstić information content (AvgIpc) is 2.09. The van der Waals surface area contributed by atoms with Gasteiger partial charge < -0.3 is 5.32 Å². The van der Waals surface area contributed by atoms with Crippen molar-refractivity contribution in [3.8, 4) is 0 Å². The molecular formula is C12H25N. The lowest BCUT2D eigenvalue weighted by Crippen LogP contribution is -2.46. The molecule has 2 atom stereocenters. The van der Waals surface area contributed by atoms with E-state index in [1.54, 1.807) is 0 Å². The van der Waals surface area contributed by atoms with Gasteiger partial charge in [-0.2, -0.15) is 0 Å². The molecule has 0 spiro atoms. The van der Waals surface area contributed by atoms with Gasteiger partial charge in [0.1, 0.15) is 0 Å². The van der Waals surface area contributed by atoms with Gasteiger partial charge in [-0.1, -0.05) is 34.1 Å². The number of hydrogen-bond donors (Lipinski definition) is 1. The summed E-state index contributed by atoms with van der Waals surface area (Å²) in [5.41, 5.74) is 0.585. The highest BCUT2D eigenvalue weighted by atomic mass is 14.9. The smallest absolute Gasteiger partial charge is 0.00152 e. The second-order valence-electron chi connectivity index (χ2n) is 5.10. The van der Waals surface area contributed by atoms with Crippen LogP contribution in [-0.4, -0.2) is 13.1 Å². The van der Waals surface area contributed by atoms with E-state index in [-0.39, 0.29) is 0 Å². The third-order valence-electron chi connectivity index (χ3n) is 4.12. The zero-order valence-electron chi connectivity index (χ0n) is 9.69. The Morgan fingerprint density at radius 3 is 2.69 bits per heavy atom. The molecule has 1 fully saturated rings. The second kappa shape index (κ2) is 4.45. The summed E-state index contributed by atoms with van der Waals surface area (Å²) < 4.78 is 0. The quantitative estimate of drug-likeness (QED) is 0.709. The summed E-state index contributed by atoms with van der Waals surface area (Å²) >= 11 is 0. The Labute approximate surface area is 83.3 Å². The first-order valence-electron chi connectivity index (χ1n) is 5.82. The SMILES string of the molecule is CCCC1CNCCC1(C)C(C)C. The van der Waals surface area contributed by atoms with Gasteiger partial charge in [-0.15, -0.1) is 0 Å². The predicted octanol–water partition coefficient (Wildman–Crippen LogP) is 3.06. The van der Waals surface area contributed by atoms with Crippen LogP contribution in [0.2, 0.25) is 0 Å². The largest absolute Gasteiger partial charge is 0.316 e. The summed E-state index contributed by atoms with van der Waals surface area (Å²) in [5, 5.41) is 3.53. The van der Waals surface area contributed by atoms with Crippen molar-refractivity contribution in [1.82, 2.24) is 5.32 Å². The van der Waals surface area contributed by atoms with Crippen LogP contribution in [0.15, 0.2) is 0 Å². The van der Waals surface area contributed by atoms with Gasteiger partial charge in [0.05, 0.1) is 0 Å². The van der Waals surface area contributed by atoms with E-state index >= 15 is 0 Å². The Balaban J connectivity index is 2.65. The molecule has 1 saturated heterocycles. The summed E-state index contributed by atoms with van der Waals surface area (Å²) in [5.74, 6) is 1.72. The van der Waals surface area contributed by atoms with Gasteiger partial charge in [0.15, 0.2) is 0 Å². The molecule has 1 aliphatic heterocycles. The Hall–Kier alpha value is -0.0400. The molecule has 0 bridgehead atoms. The molecule has 1 heterocycles. The molecule has 0 aliphatic carbocycles. The molecule has 0 saturated carbocycles. The lowest BCUT2D eigenvalue weighted by atomic mass is 9.64. The van der Waals surface area contributed by atoms with Crippen LogP contribution >= 0.6 is 0 Å². The van der Waals surface area contributed by atoms with Crippen LogP contribution in [0.4, 0.5) is 0 Å². The highest BCUT2D eigenvalue weighted by molar-refractivity contribution is 4.90. The maximum atomic E-state index is 3.53. The Bertz CT molecular complexity index is 151. The van der Waals surface area contributed by atoms with E-state index in [0.29, 0.717) is 5.41 Å². The topological polar surface area (TPSA) is 12.0 Å². The molecule has 1 aliphatic rings. The second-order valence-corrected chi connectivity index (χ2v) is 5.10. The molecular weight excluding hydrogens is 158 g/mol. The summed E-state index contributed by atoms with van der Waals surface area (Å²) in [6.45, 7) is 12.0. The molecule has 13 heavy (non-hydrogen) atoms. The number of piperidine rings is 1. The van der Waals surface area contributed by atoms with Gasteiger partial charge in [-0.3, -0.25) is 0 Å². The van der Waals surface area contributed by atoms with E-state index in [0.717, 1.165) is 11.8 Å². The fourth-order valence-corrected chi connectivity index (χ4v) is 2.61. The predicted molar refractivity (Wildman–Crippen MR) is 58.8 cm³/mol. The van der Waals surface area contributed by atoms with Crippen LogP contribution in [0, 0.1) is 17.3 Å². The minimum absolute atomic E-state index is 0.585. The first kappa shape index (κ1) is 11.0. The first-order valence-corrected chi connectivity index (χ1v) is 5.82. The van der Waals surface area contributed by atoms with E-state index < -0.39 is 0 Å². The van der Waals surface area contributed by atoms with Crippen molar-refractivity contribution in [3.63, 3.8) is 0 Å². The standard InChI is InChI=1S/C12H25N/c1-5-6-11-9-13-8-7-12(11,4)10(2)3/h10-11,13H,5-9H2,1-4H3. The monoisotopic (exact) mass is 183 g/mol. The van der Waals surface area contributed by atoms with E-state index in [2.05, 4.69) is 33.0 Å². The summed E-state index contributed by atoms with van der Waals surface area (Å²) in [6.07, 6.45) is 4.08. The highest BCUT2D eigenvalue weighted by Gasteiger charge is 2.37. The minimum Gasteiger partial charge on any atom is -0.316 e. The Morgan fingerprint density at radius 2 is 2.15 bits per heavy atom. The van der Waals surface area contributed by atoms with Crippen molar-refractivity contribution in [1.29, 1.82) is 0 Å². The zero-order valence-corrected chi connectivity index (χ0v) is 9.69. The van der Waals surface area contributed by atoms with Crippen molar-refractivity contribution in [3.05, 3.63) is 0 Å². The zero-order chi connectivity index (χ0) is 9.90. The fourth-order valence-electron chi connectivity index (χ4n) is 2.61. The summed E-state index contributed by atoms with van der Waals surface area (Å²) in [4.78, 5) is 0. The number of nitrogens with one attached hydrogen (secondary N) is 1. The van der Waals surface area contributed by atoms with Crippen LogP contribution in [-0.2, 0) is 0 Å². The van der Waals surface area contributed by atoms with Crippen molar-refractivity contribution < 1.29 is 0 Å². The number of rotatable bonds is 3. The maximum Gasteiger partial charge on any atom is -0.00152 e. The molecule has 0 aromatic carbocycles. The van der Waals surface area contributed by atoms with Crippen molar-refractivity contribution in [2.45, 2.75) is 47.0 Å². The lowest BCUT2D eigenvalue weighted by Gasteiger charge is -2.45. The molecule has 0 aromatic rings. The van der Waals surface area contributed by atoms with Gasteiger partial charge in [-0.25, -0.2) is 0 Å². The van der Waals surface area contributed by atoms with Crippen LogP contribution in [0.5, 0.6) is 0 Å². The molecule has 1 rings (SSSR count). The molecule has 78 valence electrons. The van der Waals surface area contributed by atoms with Gasteiger partial charge in [0.2, 0.25) is 0 Å². The Morgan fingerprint density at radius 1 is 1.46 bits per heavy atom.